The molecule has 0 saturated carbocycles. The van der Waals surface area contributed by atoms with Gasteiger partial charge in [0.1, 0.15) is 22.7 Å². The molecule has 0 aliphatic carbocycles. The molecule has 0 atom stereocenters. The lowest BCUT2D eigenvalue weighted by Gasteiger charge is -2.10. The molecule has 1 heterocycles. The van der Waals surface area contributed by atoms with Crippen molar-refractivity contribution < 1.29 is 28.2 Å². The molecule has 21 heavy (non-hydrogen) atoms. The van der Waals surface area contributed by atoms with Crippen LogP contribution in [0.3, 0.4) is 0 Å². The fraction of sp³-hybridized carbons (Fsp3) is 0. The van der Waals surface area contributed by atoms with Gasteiger partial charge in [-0.05, 0) is 18.2 Å². The number of aromatic nitrogens is 1. The van der Waals surface area contributed by atoms with E-state index in [1.807, 2.05) is 0 Å². The Morgan fingerprint density at radius 3 is 2.57 bits per heavy atom. The zero-order valence-electron chi connectivity index (χ0n) is 10.3. The number of rotatable bonds is 4. The molecule has 8 heteroatoms. The zero-order chi connectivity index (χ0) is 15.6. The Morgan fingerprint density at radius 1 is 1.24 bits per heavy atom. The van der Waals surface area contributed by atoms with Gasteiger partial charge in [0.05, 0.1) is 0 Å². The van der Waals surface area contributed by atoms with E-state index in [0.717, 1.165) is 18.3 Å². The van der Waals surface area contributed by atoms with Crippen molar-refractivity contribution in [1.29, 1.82) is 0 Å². The average Bonchev–Trinajstić information content (AvgIpc) is 2.40. The van der Waals surface area contributed by atoms with Crippen LogP contribution in [-0.4, -0.2) is 22.0 Å². The maximum absolute atomic E-state index is 13.9. The largest absolute Gasteiger partial charge is 0.478 e. The van der Waals surface area contributed by atoms with Crippen LogP contribution in [0.5, 0.6) is 11.6 Å². The van der Waals surface area contributed by atoms with Gasteiger partial charge in [0.2, 0.25) is 0 Å². The van der Waals surface area contributed by atoms with E-state index in [0.29, 0.717) is 0 Å². The number of ether oxygens (including phenoxy) is 1. The van der Waals surface area contributed by atoms with E-state index >= 15 is 0 Å². The summed E-state index contributed by atoms with van der Waals surface area (Å²) in [5, 5.41) is 8.79. The smallest absolute Gasteiger partial charge is 0.338 e. The lowest BCUT2D eigenvalue weighted by Crippen LogP contribution is -2.15. The number of primary amides is 1. The van der Waals surface area contributed by atoms with Crippen LogP contribution < -0.4 is 10.5 Å². The molecule has 1 aromatic carbocycles. The Kier molecular flexibility index (Phi) is 3.79. The van der Waals surface area contributed by atoms with Crippen LogP contribution in [0, 0.1) is 11.6 Å². The third kappa shape index (κ3) is 2.78. The summed E-state index contributed by atoms with van der Waals surface area (Å²) < 4.78 is 32.4. The first-order valence-electron chi connectivity index (χ1n) is 5.55. The highest BCUT2D eigenvalue weighted by molar-refractivity contribution is 5.96. The number of carboxylic acid groups (broad SMARTS) is 1. The predicted octanol–water partition coefficient (Wildman–Crippen LogP) is 1.95. The summed E-state index contributed by atoms with van der Waals surface area (Å²) in [5.41, 5.74) is 3.76. The summed E-state index contributed by atoms with van der Waals surface area (Å²) in [6, 6.07) is 4.31. The standard InChI is InChI=1S/C13H8F2N2O4/c14-7-2-1-3-8(9(7)11(16)18)21-12-10(15)6(13(19)20)4-5-17-12/h1-5H,(H2,16,18)(H,19,20). The number of nitrogens with two attached hydrogens (primary N) is 1. The maximum atomic E-state index is 13.9. The van der Waals surface area contributed by atoms with E-state index in [2.05, 4.69) is 4.98 Å². The number of amides is 1. The van der Waals surface area contributed by atoms with E-state index in [1.54, 1.807) is 0 Å². The van der Waals surface area contributed by atoms with Gasteiger partial charge in [-0.2, -0.15) is 0 Å². The van der Waals surface area contributed by atoms with Crippen molar-refractivity contribution in [2.45, 2.75) is 0 Å². The summed E-state index contributed by atoms with van der Waals surface area (Å²) in [7, 11) is 0. The molecule has 6 nitrogen and oxygen atoms in total. The quantitative estimate of drug-likeness (QED) is 0.897. The molecule has 0 fully saturated rings. The number of halogens is 2. The van der Waals surface area contributed by atoms with E-state index < -0.39 is 40.5 Å². The summed E-state index contributed by atoms with van der Waals surface area (Å²) in [4.78, 5) is 25.5. The number of carbonyl (C=O) groups is 2. The van der Waals surface area contributed by atoms with Gasteiger partial charge < -0.3 is 15.6 Å². The van der Waals surface area contributed by atoms with Gasteiger partial charge in [-0.3, -0.25) is 4.79 Å². The molecule has 0 aliphatic rings. The summed E-state index contributed by atoms with van der Waals surface area (Å²) in [5.74, 6) is -5.90. The molecule has 1 aromatic heterocycles. The van der Waals surface area contributed by atoms with Crippen molar-refractivity contribution in [3.63, 3.8) is 0 Å². The van der Waals surface area contributed by atoms with Crippen LogP contribution in [-0.2, 0) is 0 Å². The lowest BCUT2D eigenvalue weighted by molar-refractivity contribution is 0.0690. The molecular weight excluding hydrogens is 286 g/mol. The fourth-order valence-corrected chi connectivity index (χ4v) is 1.59. The number of benzene rings is 1. The first-order chi connectivity index (χ1) is 9.91. The van der Waals surface area contributed by atoms with Crippen molar-refractivity contribution in [3.8, 4) is 11.6 Å². The zero-order valence-corrected chi connectivity index (χ0v) is 10.3. The molecule has 2 rings (SSSR count). The van der Waals surface area contributed by atoms with Crippen molar-refractivity contribution >= 4 is 11.9 Å². The Hall–Kier alpha value is -3.03. The van der Waals surface area contributed by atoms with E-state index in [9.17, 15) is 18.4 Å². The normalized spacial score (nSPS) is 10.2. The van der Waals surface area contributed by atoms with E-state index in [4.69, 9.17) is 15.6 Å². The number of carboxylic acids is 1. The van der Waals surface area contributed by atoms with Gasteiger partial charge in [-0.25, -0.2) is 18.6 Å². The molecule has 0 unspecified atom stereocenters. The van der Waals surface area contributed by atoms with E-state index in [1.165, 1.54) is 12.1 Å². The Bertz CT molecular complexity index is 734. The Morgan fingerprint density at radius 2 is 1.95 bits per heavy atom. The van der Waals surface area contributed by atoms with Crippen LogP contribution in [0.15, 0.2) is 30.5 Å². The Labute approximate surface area is 116 Å². The second kappa shape index (κ2) is 5.53. The molecule has 2 aromatic rings. The Balaban J connectivity index is 2.49. The summed E-state index contributed by atoms with van der Waals surface area (Å²) in [6.45, 7) is 0. The van der Waals surface area contributed by atoms with Crippen molar-refractivity contribution in [3.05, 3.63) is 53.2 Å². The van der Waals surface area contributed by atoms with Gasteiger partial charge in [0, 0.05) is 6.20 Å². The highest BCUT2D eigenvalue weighted by Gasteiger charge is 2.20. The maximum Gasteiger partial charge on any atom is 0.338 e. The highest BCUT2D eigenvalue weighted by atomic mass is 19.1. The van der Waals surface area contributed by atoms with Crippen LogP contribution in [0.25, 0.3) is 0 Å². The second-order valence-corrected chi connectivity index (χ2v) is 3.86. The van der Waals surface area contributed by atoms with Gasteiger partial charge in [0.25, 0.3) is 11.8 Å². The molecule has 1 amide bonds. The predicted molar refractivity (Wildman–Crippen MR) is 66.1 cm³/mol. The van der Waals surface area contributed by atoms with Crippen molar-refractivity contribution in [2.75, 3.05) is 0 Å². The summed E-state index contributed by atoms with van der Waals surface area (Å²) >= 11 is 0. The average molecular weight is 294 g/mol. The van der Waals surface area contributed by atoms with Gasteiger partial charge in [-0.15, -0.1) is 0 Å². The number of carbonyl (C=O) groups excluding carboxylic acids is 1. The number of aromatic carboxylic acids is 1. The number of pyridine rings is 1. The first-order valence-corrected chi connectivity index (χ1v) is 5.55. The van der Waals surface area contributed by atoms with Crippen LogP contribution in [0.4, 0.5) is 8.78 Å². The lowest BCUT2D eigenvalue weighted by atomic mass is 10.2. The molecule has 0 bridgehead atoms. The molecule has 0 saturated heterocycles. The van der Waals surface area contributed by atoms with Gasteiger partial charge in [0.15, 0.2) is 5.82 Å². The third-order valence-electron chi connectivity index (χ3n) is 2.52. The van der Waals surface area contributed by atoms with Crippen LogP contribution in [0.2, 0.25) is 0 Å². The molecule has 108 valence electrons. The SMILES string of the molecule is NC(=O)c1c(F)cccc1Oc1nccc(C(=O)O)c1F. The molecule has 0 spiro atoms. The first kappa shape index (κ1) is 14.4. The molecule has 3 N–H and O–H groups in total. The number of hydrogen-bond acceptors (Lipinski definition) is 4. The molecule has 0 aliphatic heterocycles. The van der Waals surface area contributed by atoms with Crippen molar-refractivity contribution in [1.82, 2.24) is 4.98 Å². The number of nitrogens with zero attached hydrogens (tertiary/aromatic N) is 1. The fourth-order valence-electron chi connectivity index (χ4n) is 1.59. The highest BCUT2D eigenvalue weighted by Crippen LogP contribution is 2.28. The summed E-state index contributed by atoms with van der Waals surface area (Å²) in [6.07, 6.45) is 1.01. The molecular formula is C13H8F2N2O4. The molecule has 0 radical (unpaired) electrons. The minimum absolute atomic E-state index is 0.364. The van der Waals surface area contributed by atoms with Crippen molar-refractivity contribution in [2.24, 2.45) is 5.73 Å². The topological polar surface area (TPSA) is 103 Å². The van der Waals surface area contributed by atoms with Gasteiger partial charge >= 0.3 is 5.97 Å². The van der Waals surface area contributed by atoms with Crippen LogP contribution in [0.1, 0.15) is 20.7 Å². The van der Waals surface area contributed by atoms with Crippen LogP contribution >= 0.6 is 0 Å². The monoisotopic (exact) mass is 294 g/mol. The second-order valence-electron chi connectivity index (χ2n) is 3.86. The van der Waals surface area contributed by atoms with E-state index in [-0.39, 0.29) is 5.75 Å². The van der Waals surface area contributed by atoms with Gasteiger partial charge in [-0.1, -0.05) is 6.07 Å². The number of hydrogen-bond donors (Lipinski definition) is 2. The third-order valence-corrected chi connectivity index (χ3v) is 2.52. The minimum atomic E-state index is -1.52. The minimum Gasteiger partial charge on any atom is -0.478 e.